The zero-order chi connectivity index (χ0) is 15.5. The molecular weight excluding hydrogens is 286 g/mol. The minimum absolute atomic E-state index is 0.117. The van der Waals surface area contributed by atoms with E-state index in [2.05, 4.69) is 15.4 Å². The van der Waals surface area contributed by atoms with Gasteiger partial charge < -0.3 is 5.11 Å². The molecule has 1 aliphatic carbocycles. The largest absolute Gasteiger partial charge is 0.480 e. The molecular formula is C14H17N5O3. The van der Waals surface area contributed by atoms with E-state index < -0.39 is 5.97 Å². The van der Waals surface area contributed by atoms with Gasteiger partial charge in [-0.15, -0.1) is 5.10 Å². The molecule has 0 radical (unpaired) electrons. The first-order chi connectivity index (χ1) is 10.6. The third-order valence-corrected chi connectivity index (χ3v) is 3.84. The molecule has 8 nitrogen and oxygen atoms in total. The Morgan fingerprint density at radius 3 is 2.73 bits per heavy atom. The van der Waals surface area contributed by atoms with Crippen molar-refractivity contribution in [2.45, 2.75) is 44.7 Å². The summed E-state index contributed by atoms with van der Waals surface area (Å²) in [7, 11) is 0. The van der Waals surface area contributed by atoms with Gasteiger partial charge in [-0.2, -0.15) is 5.10 Å². The normalized spacial score (nSPS) is 15.8. The molecule has 22 heavy (non-hydrogen) atoms. The predicted octanol–water partition coefficient (Wildman–Crippen LogP) is 1.09. The first-order valence-corrected chi connectivity index (χ1v) is 7.35. The molecule has 2 aromatic heterocycles. The summed E-state index contributed by atoms with van der Waals surface area (Å²) in [5.41, 5.74) is 0.876. The lowest BCUT2D eigenvalue weighted by molar-refractivity contribution is -0.137. The lowest BCUT2D eigenvalue weighted by Gasteiger charge is -2.22. The molecule has 0 aromatic carbocycles. The van der Waals surface area contributed by atoms with E-state index >= 15 is 0 Å². The van der Waals surface area contributed by atoms with Crippen LogP contribution in [-0.4, -0.2) is 35.9 Å². The molecule has 0 amide bonds. The number of rotatable bonds is 4. The van der Waals surface area contributed by atoms with Crippen LogP contribution in [0.4, 0.5) is 0 Å². The van der Waals surface area contributed by atoms with Crippen molar-refractivity contribution in [2.24, 2.45) is 0 Å². The summed E-state index contributed by atoms with van der Waals surface area (Å²) in [4.78, 5) is 22.7. The van der Waals surface area contributed by atoms with E-state index in [9.17, 15) is 9.59 Å². The van der Waals surface area contributed by atoms with Gasteiger partial charge in [-0.25, -0.2) is 9.36 Å². The van der Waals surface area contributed by atoms with Crippen LogP contribution in [0.2, 0.25) is 0 Å². The summed E-state index contributed by atoms with van der Waals surface area (Å²) < 4.78 is 2.76. The molecule has 2 aromatic rings. The summed E-state index contributed by atoms with van der Waals surface area (Å²) in [5.74, 6) is -0.989. The number of aliphatic carboxylic acids is 1. The molecule has 1 N–H and O–H groups in total. The smallest absolute Gasteiger partial charge is 0.325 e. The van der Waals surface area contributed by atoms with Crippen LogP contribution >= 0.6 is 0 Å². The number of hydrogen-bond donors (Lipinski definition) is 1. The Labute approximate surface area is 126 Å². The van der Waals surface area contributed by atoms with Crippen molar-refractivity contribution in [1.29, 1.82) is 0 Å². The summed E-state index contributed by atoms with van der Waals surface area (Å²) in [6, 6.07) is 3.21. The molecule has 1 saturated carbocycles. The molecule has 1 aliphatic rings. The Kier molecular flexibility index (Phi) is 3.99. The van der Waals surface area contributed by atoms with Crippen molar-refractivity contribution in [3.8, 4) is 11.4 Å². The quantitative estimate of drug-likeness (QED) is 0.907. The number of carboxylic acid groups (broad SMARTS) is 1. The van der Waals surface area contributed by atoms with E-state index in [1.807, 2.05) is 0 Å². The standard InChI is InChI=1S/C14H17N5O3/c20-13-7-6-11(12-8-18(17-15-12)9-14(21)22)16-19(13)10-4-2-1-3-5-10/h6-8,10H,1-5,9H2,(H,21,22). The molecule has 0 aliphatic heterocycles. The van der Waals surface area contributed by atoms with Crippen LogP contribution in [0.1, 0.15) is 38.1 Å². The number of nitrogens with zero attached hydrogens (tertiary/aromatic N) is 5. The number of hydrogen-bond acceptors (Lipinski definition) is 5. The Morgan fingerprint density at radius 2 is 2.00 bits per heavy atom. The van der Waals surface area contributed by atoms with Crippen LogP contribution in [0.5, 0.6) is 0 Å². The molecule has 0 unspecified atom stereocenters. The van der Waals surface area contributed by atoms with E-state index in [4.69, 9.17) is 5.11 Å². The summed E-state index contributed by atoms with van der Waals surface area (Å²) in [6.45, 7) is -0.255. The SMILES string of the molecule is O=C(O)Cn1cc(-c2ccc(=O)n(C3CCCCC3)n2)nn1. The highest BCUT2D eigenvalue weighted by Gasteiger charge is 2.18. The van der Waals surface area contributed by atoms with Gasteiger partial charge in [0.1, 0.15) is 17.9 Å². The maximum atomic E-state index is 12.0. The zero-order valence-corrected chi connectivity index (χ0v) is 12.1. The van der Waals surface area contributed by atoms with E-state index in [1.165, 1.54) is 28.0 Å². The lowest BCUT2D eigenvalue weighted by Crippen LogP contribution is -2.28. The second-order valence-corrected chi connectivity index (χ2v) is 5.49. The highest BCUT2D eigenvalue weighted by atomic mass is 16.4. The van der Waals surface area contributed by atoms with E-state index in [1.54, 1.807) is 6.07 Å². The second-order valence-electron chi connectivity index (χ2n) is 5.49. The topological polar surface area (TPSA) is 103 Å². The zero-order valence-electron chi connectivity index (χ0n) is 12.1. The molecule has 8 heteroatoms. The van der Waals surface area contributed by atoms with Gasteiger partial charge in [-0.1, -0.05) is 24.5 Å². The summed E-state index contributed by atoms with van der Waals surface area (Å²) in [6.07, 6.45) is 6.86. The van der Waals surface area contributed by atoms with Gasteiger partial charge in [-0.05, 0) is 18.9 Å². The van der Waals surface area contributed by atoms with E-state index in [0.29, 0.717) is 11.4 Å². The van der Waals surface area contributed by atoms with Crippen molar-refractivity contribution in [1.82, 2.24) is 24.8 Å². The third kappa shape index (κ3) is 3.05. The molecule has 3 rings (SSSR count). The average Bonchev–Trinajstić information content (AvgIpc) is 2.96. The van der Waals surface area contributed by atoms with Gasteiger partial charge in [0.15, 0.2) is 0 Å². The molecule has 0 atom stereocenters. The van der Waals surface area contributed by atoms with Gasteiger partial charge >= 0.3 is 5.97 Å². The van der Waals surface area contributed by atoms with Gasteiger partial charge in [-0.3, -0.25) is 9.59 Å². The Hall–Kier alpha value is -2.51. The molecule has 0 bridgehead atoms. The average molecular weight is 303 g/mol. The summed E-state index contributed by atoms with van der Waals surface area (Å²) >= 11 is 0. The first kappa shape index (κ1) is 14.4. The number of carboxylic acids is 1. The van der Waals surface area contributed by atoms with Crippen LogP contribution in [0.25, 0.3) is 11.4 Å². The Bertz CT molecular complexity index is 730. The monoisotopic (exact) mass is 303 g/mol. The van der Waals surface area contributed by atoms with Crippen molar-refractivity contribution in [2.75, 3.05) is 0 Å². The lowest BCUT2D eigenvalue weighted by atomic mass is 9.96. The fourth-order valence-corrected chi connectivity index (χ4v) is 2.78. The van der Waals surface area contributed by atoms with Gasteiger partial charge in [0.2, 0.25) is 0 Å². The minimum Gasteiger partial charge on any atom is -0.480 e. The van der Waals surface area contributed by atoms with Gasteiger partial charge in [0.05, 0.1) is 12.2 Å². The fourth-order valence-electron chi connectivity index (χ4n) is 2.78. The number of carbonyl (C=O) groups is 1. The second kappa shape index (κ2) is 6.08. The van der Waals surface area contributed by atoms with Gasteiger partial charge in [0, 0.05) is 6.07 Å². The third-order valence-electron chi connectivity index (χ3n) is 3.84. The van der Waals surface area contributed by atoms with Crippen LogP contribution in [0.15, 0.2) is 23.1 Å². The van der Waals surface area contributed by atoms with Crippen molar-refractivity contribution >= 4 is 5.97 Å². The molecule has 116 valence electrons. The highest BCUT2D eigenvalue weighted by Crippen LogP contribution is 2.26. The highest BCUT2D eigenvalue weighted by molar-refractivity contribution is 5.66. The van der Waals surface area contributed by atoms with Crippen LogP contribution in [0, 0.1) is 0 Å². The van der Waals surface area contributed by atoms with Crippen molar-refractivity contribution in [3.63, 3.8) is 0 Å². The predicted molar refractivity (Wildman–Crippen MR) is 77.3 cm³/mol. The molecule has 1 fully saturated rings. The molecule has 0 saturated heterocycles. The Balaban J connectivity index is 1.89. The first-order valence-electron chi connectivity index (χ1n) is 7.35. The maximum Gasteiger partial charge on any atom is 0.325 e. The Morgan fingerprint density at radius 1 is 1.23 bits per heavy atom. The van der Waals surface area contributed by atoms with Crippen molar-refractivity contribution < 1.29 is 9.90 Å². The maximum absolute atomic E-state index is 12.0. The summed E-state index contributed by atoms with van der Waals surface area (Å²) in [5, 5.41) is 20.8. The van der Waals surface area contributed by atoms with E-state index in [0.717, 1.165) is 25.7 Å². The van der Waals surface area contributed by atoms with Gasteiger partial charge in [0.25, 0.3) is 5.56 Å². The van der Waals surface area contributed by atoms with Crippen LogP contribution in [0.3, 0.4) is 0 Å². The van der Waals surface area contributed by atoms with E-state index in [-0.39, 0.29) is 18.1 Å². The van der Waals surface area contributed by atoms with Crippen molar-refractivity contribution in [3.05, 3.63) is 28.7 Å². The molecule has 2 heterocycles. The fraction of sp³-hybridized carbons (Fsp3) is 0.500. The minimum atomic E-state index is -0.989. The van der Waals surface area contributed by atoms with Crippen LogP contribution in [-0.2, 0) is 11.3 Å². The van der Waals surface area contributed by atoms with Crippen LogP contribution < -0.4 is 5.56 Å². The number of aromatic nitrogens is 5. The molecule has 0 spiro atoms.